The summed E-state index contributed by atoms with van der Waals surface area (Å²) in [6, 6.07) is 10.1. The highest BCUT2D eigenvalue weighted by molar-refractivity contribution is 7.08. The van der Waals surface area contributed by atoms with E-state index in [4.69, 9.17) is 10.9 Å². The normalized spacial score (nSPS) is 13.3. The Bertz CT molecular complexity index is 566. The van der Waals surface area contributed by atoms with Gasteiger partial charge in [-0.25, -0.2) is 0 Å². The van der Waals surface area contributed by atoms with E-state index < -0.39 is 0 Å². The maximum absolute atomic E-state index is 8.76. The number of hydrogen-bond acceptors (Lipinski definition) is 4. The van der Waals surface area contributed by atoms with Crippen LogP contribution in [0.3, 0.4) is 0 Å². The number of aryl methyl sites for hydroxylation is 1. The van der Waals surface area contributed by atoms with Crippen molar-refractivity contribution in [1.82, 2.24) is 5.32 Å². The van der Waals surface area contributed by atoms with E-state index in [0.717, 1.165) is 12.1 Å². The van der Waals surface area contributed by atoms with Crippen molar-refractivity contribution in [2.24, 2.45) is 10.9 Å². The number of benzene rings is 1. The van der Waals surface area contributed by atoms with Crippen LogP contribution in [0.25, 0.3) is 0 Å². The molecule has 0 aliphatic heterocycles. The summed E-state index contributed by atoms with van der Waals surface area (Å²) in [6.45, 7) is 2.88. The number of oxime groups is 1. The van der Waals surface area contributed by atoms with Gasteiger partial charge in [-0.2, -0.15) is 11.3 Å². The first-order valence-electron chi connectivity index (χ1n) is 6.47. The Labute approximate surface area is 122 Å². The van der Waals surface area contributed by atoms with Crippen LogP contribution < -0.4 is 11.1 Å². The standard InChI is InChI=1S/C15H19N3OS/c1-11-9-20-10-13(11)8-17-14(7-15(16)18-19)12-5-3-2-4-6-12/h2-6,9-10,14,17,19H,7-8H2,1H3,(H2,16,18). The zero-order valence-corrected chi connectivity index (χ0v) is 12.2. The molecule has 4 N–H and O–H groups in total. The number of thiophene rings is 1. The van der Waals surface area contributed by atoms with E-state index in [1.807, 2.05) is 30.3 Å². The fourth-order valence-electron chi connectivity index (χ4n) is 2.04. The number of nitrogens with one attached hydrogen (secondary N) is 1. The third-order valence-electron chi connectivity index (χ3n) is 3.24. The maximum atomic E-state index is 8.76. The van der Waals surface area contributed by atoms with Crippen LogP contribution in [-0.2, 0) is 6.54 Å². The number of nitrogens with zero attached hydrogens (tertiary/aromatic N) is 1. The second-order valence-corrected chi connectivity index (χ2v) is 5.46. The SMILES string of the molecule is Cc1cscc1CNC(C/C(N)=N/O)c1ccccc1. The fraction of sp³-hybridized carbons (Fsp3) is 0.267. The molecule has 0 saturated heterocycles. The van der Waals surface area contributed by atoms with Crippen molar-refractivity contribution in [2.45, 2.75) is 25.9 Å². The second-order valence-electron chi connectivity index (χ2n) is 4.72. The molecule has 0 amide bonds. The number of nitrogens with two attached hydrogens (primary N) is 1. The predicted octanol–water partition coefficient (Wildman–Crippen LogP) is 3.02. The van der Waals surface area contributed by atoms with E-state index in [1.54, 1.807) is 11.3 Å². The first kappa shape index (κ1) is 14.6. The van der Waals surface area contributed by atoms with Crippen molar-refractivity contribution in [3.63, 3.8) is 0 Å². The molecular formula is C15H19N3OS. The topological polar surface area (TPSA) is 70.6 Å². The third kappa shape index (κ3) is 3.82. The van der Waals surface area contributed by atoms with Crippen LogP contribution in [0.5, 0.6) is 0 Å². The zero-order chi connectivity index (χ0) is 14.4. The van der Waals surface area contributed by atoms with Gasteiger partial charge >= 0.3 is 0 Å². The summed E-state index contributed by atoms with van der Waals surface area (Å²) in [5.74, 6) is 0.230. The molecule has 0 bridgehead atoms. The Morgan fingerprint density at radius 2 is 2.10 bits per heavy atom. The molecule has 1 heterocycles. The molecular weight excluding hydrogens is 270 g/mol. The average molecular weight is 289 g/mol. The van der Waals surface area contributed by atoms with Gasteiger partial charge in [0.25, 0.3) is 0 Å². The summed E-state index contributed by atoms with van der Waals surface area (Å²) >= 11 is 1.70. The van der Waals surface area contributed by atoms with E-state index >= 15 is 0 Å². The molecule has 0 saturated carbocycles. The molecule has 2 rings (SSSR count). The summed E-state index contributed by atoms with van der Waals surface area (Å²) in [5.41, 5.74) is 9.36. The van der Waals surface area contributed by atoms with Crippen molar-refractivity contribution in [1.29, 1.82) is 0 Å². The fourth-order valence-corrected chi connectivity index (χ4v) is 2.90. The van der Waals surface area contributed by atoms with Crippen LogP contribution in [-0.4, -0.2) is 11.0 Å². The minimum absolute atomic E-state index is 0.0337. The summed E-state index contributed by atoms with van der Waals surface area (Å²) < 4.78 is 0. The summed E-state index contributed by atoms with van der Waals surface area (Å²) in [7, 11) is 0. The molecule has 0 aliphatic carbocycles. The van der Waals surface area contributed by atoms with Crippen LogP contribution in [0, 0.1) is 6.92 Å². The lowest BCUT2D eigenvalue weighted by Gasteiger charge is -2.18. The first-order valence-corrected chi connectivity index (χ1v) is 7.41. The average Bonchev–Trinajstić information content (AvgIpc) is 2.89. The van der Waals surface area contributed by atoms with Gasteiger partial charge in [0.1, 0.15) is 5.84 Å². The number of hydrogen-bond donors (Lipinski definition) is 3. The van der Waals surface area contributed by atoms with Gasteiger partial charge in [0.2, 0.25) is 0 Å². The van der Waals surface area contributed by atoms with Gasteiger partial charge in [-0.3, -0.25) is 0 Å². The molecule has 0 radical (unpaired) electrons. The molecule has 0 spiro atoms. The molecule has 0 fully saturated rings. The van der Waals surface area contributed by atoms with Gasteiger partial charge in [0.15, 0.2) is 0 Å². The van der Waals surface area contributed by atoms with Crippen molar-refractivity contribution in [3.05, 3.63) is 57.8 Å². The van der Waals surface area contributed by atoms with E-state index in [-0.39, 0.29) is 11.9 Å². The highest BCUT2D eigenvalue weighted by Gasteiger charge is 2.13. The van der Waals surface area contributed by atoms with Gasteiger partial charge in [0.05, 0.1) is 0 Å². The maximum Gasteiger partial charge on any atom is 0.141 e. The van der Waals surface area contributed by atoms with Gasteiger partial charge in [-0.05, 0) is 34.4 Å². The molecule has 20 heavy (non-hydrogen) atoms. The largest absolute Gasteiger partial charge is 0.409 e. The molecule has 2 aromatic rings. The van der Waals surface area contributed by atoms with E-state index in [1.165, 1.54) is 11.1 Å². The predicted molar refractivity (Wildman–Crippen MR) is 83.1 cm³/mol. The summed E-state index contributed by atoms with van der Waals surface area (Å²) in [6.07, 6.45) is 0.476. The molecule has 106 valence electrons. The van der Waals surface area contributed by atoms with Gasteiger partial charge in [-0.15, -0.1) is 0 Å². The Morgan fingerprint density at radius 1 is 1.35 bits per heavy atom. The molecule has 1 unspecified atom stereocenters. The van der Waals surface area contributed by atoms with Crippen molar-refractivity contribution < 1.29 is 5.21 Å². The number of amidine groups is 1. The zero-order valence-electron chi connectivity index (χ0n) is 11.4. The van der Waals surface area contributed by atoms with Gasteiger partial charge < -0.3 is 16.3 Å². The van der Waals surface area contributed by atoms with Crippen LogP contribution in [0.1, 0.15) is 29.2 Å². The van der Waals surface area contributed by atoms with Gasteiger partial charge in [-0.1, -0.05) is 35.5 Å². The Hall–Kier alpha value is -1.85. The Morgan fingerprint density at radius 3 is 2.70 bits per heavy atom. The monoisotopic (exact) mass is 289 g/mol. The molecule has 1 aromatic carbocycles. The van der Waals surface area contributed by atoms with Crippen LogP contribution in [0.4, 0.5) is 0 Å². The molecule has 1 aromatic heterocycles. The van der Waals surface area contributed by atoms with Crippen LogP contribution in [0.2, 0.25) is 0 Å². The van der Waals surface area contributed by atoms with Crippen molar-refractivity contribution in [2.75, 3.05) is 0 Å². The third-order valence-corrected chi connectivity index (χ3v) is 4.15. The minimum atomic E-state index is 0.0337. The number of rotatable bonds is 6. The quantitative estimate of drug-likeness (QED) is 0.331. The molecule has 5 heteroatoms. The van der Waals surface area contributed by atoms with Crippen LogP contribution in [0.15, 0.2) is 46.2 Å². The second kappa shape index (κ2) is 7.07. The lowest BCUT2D eigenvalue weighted by atomic mass is 10.0. The van der Waals surface area contributed by atoms with E-state index in [9.17, 15) is 0 Å². The highest BCUT2D eigenvalue weighted by atomic mass is 32.1. The lowest BCUT2D eigenvalue weighted by molar-refractivity contribution is 0.315. The highest BCUT2D eigenvalue weighted by Crippen LogP contribution is 2.19. The Kier molecular flexibility index (Phi) is 5.15. The van der Waals surface area contributed by atoms with Crippen molar-refractivity contribution in [3.8, 4) is 0 Å². The van der Waals surface area contributed by atoms with E-state index in [2.05, 4.69) is 28.2 Å². The first-order chi connectivity index (χ1) is 9.70. The minimum Gasteiger partial charge on any atom is -0.409 e. The Balaban J connectivity index is 2.09. The molecule has 4 nitrogen and oxygen atoms in total. The van der Waals surface area contributed by atoms with E-state index in [0.29, 0.717) is 6.42 Å². The molecule has 0 aliphatic rings. The van der Waals surface area contributed by atoms with Gasteiger partial charge in [0, 0.05) is 19.0 Å². The lowest BCUT2D eigenvalue weighted by Crippen LogP contribution is -2.26. The summed E-state index contributed by atoms with van der Waals surface area (Å²) in [4.78, 5) is 0. The van der Waals surface area contributed by atoms with Crippen molar-refractivity contribution >= 4 is 17.2 Å². The summed E-state index contributed by atoms with van der Waals surface area (Å²) in [5, 5.41) is 19.6. The smallest absolute Gasteiger partial charge is 0.141 e. The molecule has 1 atom stereocenters. The van der Waals surface area contributed by atoms with Crippen LogP contribution >= 0.6 is 11.3 Å².